The molecule has 2 atom stereocenters. The van der Waals surface area contributed by atoms with Crippen molar-refractivity contribution in [1.29, 1.82) is 0 Å². The Kier molecular flexibility index (Phi) is 3.12. The maximum Gasteiger partial charge on any atom is 0.219 e. The lowest BCUT2D eigenvalue weighted by atomic mass is 9.51. The third-order valence-corrected chi connectivity index (χ3v) is 5.73. The smallest absolute Gasteiger partial charge is 0.219 e. The van der Waals surface area contributed by atoms with Crippen LogP contribution >= 0.6 is 0 Å². The van der Waals surface area contributed by atoms with Gasteiger partial charge in [0, 0.05) is 22.8 Å². The standard InChI is InChI=1S/C17H24N2O2/c1-10-18-14-11(15(19-10)21-5)6-7-12-16(2,3)13(20)8-9-17(12,14)4/h12H,6-9H2,1-5H3/t12-,17-/m0/s1. The number of carbonyl (C=O) groups is 1. The molecular weight excluding hydrogens is 264 g/mol. The highest BCUT2D eigenvalue weighted by atomic mass is 16.5. The summed E-state index contributed by atoms with van der Waals surface area (Å²) in [6, 6.07) is 0. The molecule has 0 aliphatic heterocycles. The maximum absolute atomic E-state index is 12.4. The molecule has 4 nitrogen and oxygen atoms in total. The molecule has 0 radical (unpaired) electrons. The van der Waals surface area contributed by atoms with Crippen molar-refractivity contribution in [3.8, 4) is 5.88 Å². The summed E-state index contributed by atoms with van der Waals surface area (Å²) >= 11 is 0. The number of Topliss-reactive ketones (excluding diaryl/α,β-unsaturated/α-hetero) is 1. The SMILES string of the molecule is COc1nc(C)nc2c1CC[C@H]1C(C)(C)C(=O)CC[C@]21C. The Labute approximate surface area is 126 Å². The zero-order valence-corrected chi connectivity index (χ0v) is 13.6. The molecule has 0 aromatic carbocycles. The van der Waals surface area contributed by atoms with Crippen molar-refractivity contribution in [2.24, 2.45) is 11.3 Å². The van der Waals surface area contributed by atoms with Crippen LogP contribution in [0.15, 0.2) is 0 Å². The maximum atomic E-state index is 12.4. The summed E-state index contributed by atoms with van der Waals surface area (Å²) in [5.74, 6) is 2.21. The van der Waals surface area contributed by atoms with Gasteiger partial charge in [0.2, 0.25) is 5.88 Å². The Morgan fingerprint density at radius 1 is 1.19 bits per heavy atom. The molecule has 3 rings (SSSR count). The molecule has 0 saturated heterocycles. The second kappa shape index (κ2) is 4.52. The largest absolute Gasteiger partial charge is 0.481 e. The van der Waals surface area contributed by atoms with Crippen molar-refractivity contribution in [3.63, 3.8) is 0 Å². The van der Waals surface area contributed by atoms with Crippen molar-refractivity contribution in [2.45, 2.75) is 58.8 Å². The molecule has 1 fully saturated rings. The average Bonchev–Trinajstić information content (AvgIpc) is 2.43. The number of ketones is 1. The van der Waals surface area contributed by atoms with E-state index >= 15 is 0 Å². The normalized spacial score (nSPS) is 30.5. The number of methoxy groups -OCH3 is 1. The predicted octanol–water partition coefficient (Wildman–Crippen LogP) is 3.00. The summed E-state index contributed by atoms with van der Waals surface area (Å²) in [5, 5.41) is 0. The average molecular weight is 288 g/mol. The number of carbonyl (C=O) groups excluding carboxylic acids is 1. The Bertz CT molecular complexity index is 609. The Morgan fingerprint density at radius 2 is 1.90 bits per heavy atom. The number of hydrogen-bond acceptors (Lipinski definition) is 4. The third kappa shape index (κ3) is 1.91. The van der Waals surface area contributed by atoms with Crippen LogP contribution in [0.4, 0.5) is 0 Å². The summed E-state index contributed by atoms with van der Waals surface area (Å²) in [7, 11) is 1.67. The van der Waals surface area contributed by atoms with E-state index in [1.807, 2.05) is 6.92 Å². The van der Waals surface area contributed by atoms with Crippen LogP contribution < -0.4 is 4.74 Å². The lowest BCUT2D eigenvalue weighted by molar-refractivity contribution is -0.137. The van der Waals surface area contributed by atoms with Gasteiger partial charge < -0.3 is 4.74 Å². The van der Waals surface area contributed by atoms with Gasteiger partial charge in [0.1, 0.15) is 11.6 Å². The zero-order valence-electron chi connectivity index (χ0n) is 13.6. The van der Waals surface area contributed by atoms with E-state index < -0.39 is 0 Å². The quantitative estimate of drug-likeness (QED) is 0.797. The second-order valence-corrected chi connectivity index (χ2v) is 7.26. The minimum absolute atomic E-state index is 0.0496. The number of ether oxygens (including phenoxy) is 1. The first kappa shape index (κ1) is 14.5. The number of fused-ring (bicyclic) bond motifs is 3. The first-order chi connectivity index (χ1) is 9.80. The fourth-order valence-electron chi connectivity index (χ4n) is 4.55. The van der Waals surface area contributed by atoms with Gasteiger partial charge in [0.25, 0.3) is 0 Å². The van der Waals surface area contributed by atoms with Gasteiger partial charge in [0.15, 0.2) is 0 Å². The number of nitrogens with zero attached hydrogens (tertiary/aromatic N) is 2. The highest BCUT2D eigenvalue weighted by Crippen LogP contribution is 2.55. The molecule has 0 bridgehead atoms. The highest BCUT2D eigenvalue weighted by molar-refractivity contribution is 5.86. The molecule has 4 heteroatoms. The topological polar surface area (TPSA) is 52.1 Å². The summed E-state index contributed by atoms with van der Waals surface area (Å²) in [4.78, 5) is 21.5. The van der Waals surface area contributed by atoms with E-state index in [0.717, 1.165) is 36.3 Å². The molecule has 114 valence electrons. The molecular formula is C17H24N2O2. The highest BCUT2D eigenvalue weighted by Gasteiger charge is 2.54. The van der Waals surface area contributed by atoms with Crippen LogP contribution in [-0.4, -0.2) is 22.9 Å². The first-order valence-corrected chi connectivity index (χ1v) is 7.76. The Hall–Kier alpha value is -1.45. The van der Waals surface area contributed by atoms with Crippen LogP contribution in [0.25, 0.3) is 0 Å². The van der Waals surface area contributed by atoms with Crippen LogP contribution in [0.1, 0.15) is 57.1 Å². The lowest BCUT2D eigenvalue weighted by Gasteiger charge is -2.52. The summed E-state index contributed by atoms with van der Waals surface area (Å²) in [6.45, 7) is 8.39. The summed E-state index contributed by atoms with van der Waals surface area (Å²) < 4.78 is 5.47. The molecule has 2 aliphatic carbocycles. The number of aryl methyl sites for hydroxylation is 1. The van der Waals surface area contributed by atoms with Gasteiger partial charge in [-0.1, -0.05) is 20.8 Å². The number of rotatable bonds is 1. The van der Waals surface area contributed by atoms with Gasteiger partial charge in [-0.25, -0.2) is 4.98 Å². The monoisotopic (exact) mass is 288 g/mol. The molecule has 1 heterocycles. The van der Waals surface area contributed by atoms with Crippen molar-refractivity contribution in [3.05, 3.63) is 17.1 Å². The molecule has 2 aliphatic rings. The van der Waals surface area contributed by atoms with Crippen LogP contribution in [0.5, 0.6) is 5.88 Å². The van der Waals surface area contributed by atoms with E-state index in [-0.39, 0.29) is 10.8 Å². The van der Waals surface area contributed by atoms with Crippen molar-refractivity contribution in [1.82, 2.24) is 9.97 Å². The van der Waals surface area contributed by atoms with Gasteiger partial charge in [0.05, 0.1) is 12.8 Å². The molecule has 0 amide bonds. The number of aromatic nitrogens is 2. The minimum Gasteiger partial charge on any atom is -0.481 e. The minimum atomic E-state index is -0.267. The van der Waals surface area contributed by atoms with Crippen LogP contribution in [-0.2, 0) is 16.6 Å². The van der Waals surface area contributed by atoms with Crippen molar-refractivity contribution < 1.29 is 9.53 Å². The molecule has 1 aromatic heterocycles. The van der Waals surface area contributed by atoms with Crippen LogP contribution in [0.3, 0.4) is 0 Å². The van der Waals surface area contributed by atoms with E-state index in [2.05, 4.69) is 25.8 Å². The van der Waals surface area contributed by atoms with E-state index in [0.29, 0.717) is 24.0 Å². The van der Waals surface area contributed by atoms with E-state index in [1.54, 1.807) is 7.11 Å². The summed E-state index contributed by atoms with van der Waals surface area (Å²) in [6.07, 6.45) is 3.43. The second-order valence-electron chi connectivity index (χ2n) is 7.26. The molecule has 1 saturated carbocycles. The Balaban J connectivity index is 2.18. The molecule has 21 heavy (non-hydrogen) atoms. The fourth-order valence-corrected chi connectivity index (χ4v) is 4.55. The third-order valence-electron chi connectivity index (χ3n) is 5.73. The fraction of sp³-hybridized carbons (Fsp3) is 0.706. The van der Waals surface area contributed by atoms with Crippen LogP contribution in [0.2, 0.25) is 0 Å². The van der Waals surface area contributed by atoms with Gasteiger partial charge in [-0.05, 0) is 32.1 Å². The van der Waals surface area contributed by atoms with E-state index in [1.165, 1.54) is 0 Å². The summed E-state index contributed by atoms with van der Waals surface area (Å²) in [5.41, 5.74) is 1.94. The molecule has 0 N–H and O–H groups in total. The first-order valence-electron chi connectivity index (χ1n) is 7.76. The van der Waals surface area contributed by atoms with E-state index in [4.69, 9.17) is 9.72 Å². The predicted molar refractivity (Wildman–Crippen MR) is 80.5 cm³/mol. The van der Waals surface area contributed by atoms with E-state index in [9.17, 15) is 4.79 Å². The van der Waals surface area contributed by atoms with Gasteiger partial charge in [-0.3, -0.25) is 4.79 Å². The zero-order chi connectivity index (χ0) is 15.4. The molecule has 1 aromatic rings. The lowest BCUT2D eigenvalue weighted by Crippen LogP contribution is -2.52. The van der Waals surface area contributed by atoms with Gasteiger partial charge >= 0.3 is 0 Å². The molecule has 0 spiro atoms. The molecule has 0 unspecified atom stereocenters. The van der Waals surface area contributed by atoms with Crippen molar-refractivity contribution >= 4 is 5.78 Å². The van der Waals surface area contributed by atoms with Crippen LogP contribution in [0, 0.1) is 18.3 Å². The van der Waals surface area contributed by atoms with Crippen molar-refractivity contribution in [2.75, 3.05) is 7.11 Å². The Morgan fingerprint density at radius 3 is 2.57 bits per heavy atom. The van der Waals surface area contributed by atoms with Gasteiger partial charge in [-0.2, -0.15) is 4.98 Å². The number of hydrogen-bond donors (Lipinski definition) is 0. The van der Waals surface area contributed by atoms with Gasteiger partial charge in [-0.15, -0.1) is 0 Å².